The van der Waals surface area contributed by atoms with Gasteiger partial charge in [0.2, 0.25) is 5.91 Å². The Kier molecular flexibility index (Phi) is 47.6. The van der Waals surface area contributed by atoms with Crippen molar-refractivity contribution in [1.29, 1.82) is 0 Å². The van der Waals surface area contributed by atoms with Crippen molar-refractivity contribution in [2.24, 2.45) is 0 Å². The summed E-state index contributed by atoms with van der Waals surface area (Å²) >= 11 is 0. The summed E-state index contributed by atoms with van der Waals surface area (Å²) in [6.07, 6.45) is 64.9. The van der Waals surface area contributed by atoms with Gasteiger partial charge in [-0.15, -0.1) is 0 Å². The van der Waals surface area contributed by atoms with Crippen LogP contribution in [0.15, 0.2) is 48.6 Å². The maximum Gasteiger partial charge on any atom is 0.249 e. The molecular weight excluding hydrogens is 727 g/mol. The maximum absolute atomic E-state index is 12.4. The van der Waals surface area contributed by atoms with E-state index in [-0.39, 0.29) is 6.61 Å². The van der Waals surface area contributed by atoms with E-state index in [0.29, 0.717) is 6.42 Å². The van der Waals surface area contributed by atoms with Gasteiger partial charge in [0.1, 0.15) is 6.10 Å². The summed E-state index contributed by atoms with van der Waals surface area (Å²) in [5, 5.41) is 33.0. The Morgan fingerprint density at radius 3 is 1.17 bits per heavy atom. The van der Waals surface area contributed by atoms with Crippen molar-refractivity contribution in [3.05, 3.63) is 48.6 Å². The maximum atomic E-state index is 12.4. The SMILES string of the molecule is CCCCC/C=C/CC/C=C/C(O)C(CO)NC(=O)C(O)CCCCCCCCCCCCCCCCCC/C=C\C/C=C\CCCCCCCCCCCCCCC. The monoisotopic (exact) mass is 828 g/mol. The van der Waals surface area contributed by atoms with Gasteiger partial charge in [0.15, 0.2) is 0 Å². The Labute approximate surface area is 367 Å². The van der Waals surface area contributed by atoms with Crippen LogP contribution in [0.1, 0.15) is 264 Å². The fourth-order valence-electron chi connectivity index (χ4n) is 7.82. The quantitative estimate of drug-likeness (QED) is 0.0363. The summed E-state index contributed by atoms with van der Waals surface area (Å²) in [6.45, 7) is 4.12. The van der Waals surface area contributed by atoms with Crippen LogP contribution in [0.3, 0.4) is 0 Å². The zero-order valence-electron chi connectivity index (χ0n) is 39.4. The lowest BCUT2D eigenvalue weighted by atomic mass is 10.0. The molecule has 5 heteroatoms. The fourth-order valence-corrected chi connectivity index (χ4v) is 7.82. The van der Waals surface area contributed by atoms with Crippen molar-refractivity contribution in [3.8, 4) is 0 Å². The Morgan fingerprint density at radius 1 is 0.424 bits per heavy atom. The third kappa shape index (κ3) is 44.2. The van der Waals surface area contributed by atoms with Gasteiger partial charge in [-0.05, 0) is 64.2 Å². The van der Waals surface area contributed by atoms with Crippen molar-refractivity contribution in [3.63, 3.8) is 0 Å². The van der Waals surface area contributed by atoms with Crippen molar-refractivity contribution in [1.82, 2.24) is 5.32 Å². The smallest absolute Gasteiger partial charge is 0.249 e. The van der Waals surface area contributed by atoms with E-state index in [1.54, 1.807) is 6.08 Å². The first-order valence-corrected chi connectivity index (χ1v) is 26.0. The van der Waals surface area contributed by atoms with E-state index in [1.165, 1.54) is 199 Å². The van der Waals surface area contributed by atoms with Crippen LogP contribution in [0, 0.1) is 0 Å². The largest absolute Gasteiger partial charge is 0.394 e. The van der Waals surface area contributed by atoms with Crippen LogP contribution in [0.2, 0.25) is 0 Å². The van der Waals surface area contributed by atoms with Crippen molar-refractivity contribution < 1.29 is 20.1 Å². The van der Waals surface area contributed by atoms with Gasteiger partial charge in [0.05, 0.1) is 18.8 Å². The molecule has 0 heterocycles. The average Bonchev–Trinajstić information content (AvgIpc) is 3.24. The first kappa shape index (κ1) is 57.3. The van der Waals surface area contributed by atoms with E-state index < -0.39 is 24.2 Å². The van der Waals surface area contributed by atoms with E-state index in [2.05, 4.69) is 55.6 Å². The van der Waals surface area contributed by atoms with Gasteiger partial charge in [-0.3, -0.25) is 4.79 Å². The molecule has 0 aromatic rings. The molecule has 3 unspecified atom stereocenters. The predicted octanol–water partition coefficient (Wildman–Crippen LogP) is 15.7. The molecule has 0 aromatic heterocycles. The van der Waals surface area contributed by atoms with Gasteiger partial charge < -0.3 is 20.6 Å². The van der Waals surface area contributed by atoms with Crippen LogP contribution in [-0.4, -0.2) is 46.1 Å². The standard InChI is InChI=1S/C54H101NO4/c1-3-5-7-9-11-13-14-15-16-17-18-19-20-21-22-23-24-25-26-27-28-29-30-31-32-33-34-35-36-37-38-39-41-43-45-47-49-53(58)54(59)55-51(50-56)52(57)48-46-44-42-40-12-10-8-6-4-2/h12,22-23,25-26,40,46,48,51-53,56-58H,3-11,13-21,24,27-39,41-45,47,49-50H2,1-2H3,(H,55,59)/b23-22-,26-25-,40-12+,48-46+. The molecule has 59 heavy (non-hydrogen) atoms. The minimum Gasteiger partial charge on any atom is -0.394 e. The van der Waals surface area contributed by atoms with Crippen molar-refractivity contribution >= 4 is 5.91 Å². The molecule has 0 rings (SSSR count). The zero-order valence-corrected chi connectivity index (χ0v) is 39.4. The number of amides is 1. The fraction of sp³-hybridized carbons (Fsp3) is 0.833. The van der Waals surface area contributed by atoms with Crippen LogP contribution in [0.4, 0.5) is 0 Å². The van der Waals surface area contributed by atoms with Crippen LogP contribution in [-0.2, 0) is 4.79 Å². The molecule has 4 N–H and O–H groups in total. The highest BCUT2D eigenvalue weighted by Gasteiger charge is 2.22. The van der Waals surface area contributed by atoms with Crippen LogP contribution >= 0.6 is 0 Å². The van der Waals surface area contributed by atoms with Crippen molar-refractivity contribution in [2.75, 3.05) is 6.61 Å². The number of nitrogens with one attached hydrogen (secondary N) is 1. The molecule has 0 radical (unpaired) electrons. The van der Waals surface area contributed by atoms with E-state index in [4.69, 9.17) is 0 Å². The van der Waals surface area contributed by atoms with E-state index in [0.717, 1.165) is 44.9 Å². The minimum atomic E-state index is -1.10. The normalized spacial score (nSPS) is 13.8. The molecule has 1 amide bonds. The van der Waals surface area contributed by atoms with Gasteiger partial charge in [-0.2, -0.15) is 0 Å². The van der Waals surface area contributed by atoms with Crippen LogP contribution in [0.25, 0.3) is 0 Å². The third-order valence-electron chi connectivity index (χ3n) is 11.9. The van der Waals surface area contributed by atoms with Gasteiger partial charge in [0.25, 0.3) is 0 Å². The zero-order chi connectivity index (χ0) is 43.0. The average molecular weight is 828 g/mol. The van der Waals surface area contributed by atoms with Gasteiger partial charge >= 0.3 is 0 Å². The number of allylic oxidation sites excluding steroid dienone is 7. The lowest BCUT2D eigenvalue weighted by Crippen LogP contribution is -2.48. The van der Waals surface area contributed by atoms with Crippen LogP contribution < -0.4 is 5.32 Å². The summed E-state index contributed by atoms with van der Waals surface area (Å²) in [5.41, 5.74) is 0. The number of hydrogen-bond donors (Lipinski definition) is 4. The number of hydrogen-bond acceptors (Lipinski definition) is 4. The highest BCUT2D eigenvalue weighted by atomic mass is 16.3. The second-order valence-electron chi connectivity index (χ2n) is 17.7. The van der Waals surface area contributed by atoms with Gasteiger partial charge in [0, 0.05) is 0 Å². The molecule has 5 nitrogen and oxygen atoms in total. The summed E-state index contributed by atoms with van der Waals surface area (Å²) in [7, 11) is 0. The molecule has 3 atom stereocenters. The lowest BCUT2D eigenvalue weighted by molar-refractivity contribution is -0.131. The Morgan fingerprint density at radius 2 is 0.746 bits per heavy atom. The number of aliphatic hydroxyl groups is 3. The molecule has 346 valence electrons. The Bertz CT molecular complexity index is 958. The summed E-state index contributed by atoms with van der Waals surface area (Å²) in [6, 6.07) is -0.813. The number of rotatable bonds is 47. The Hall–Kier alpha value is -1.69. The Balaban J connectivity index is 3.48. The number of unbranched alkanes of at least 4 members (excludes halogenated alkanes) is 33. The van der Waals surface area contributed by atoms with Crippen molar-refractivity contribution in [2.45, 2.75) is 283 Å². The molecule has 0 fully saturated rings. The highest BCUT2D eigenvalue weighted by Crippen LogP contribution is 2.16. The second kappa shape index (κ2) is 49.0. The van der Waals surface area contributed by atoms with E-state index in [1.807, 2.05) is 6.08 Å². The number of carbonyl (C=O) groups is 1. The predicted molar refractivity (Wildman–Crippen MR) is 259 cm³/mol. The minimum absolute atomic E-state index is 0.377. The summed E-state index contributed by atoms with van der Waals surface area (Å²) < 4.78 is 0. The molecule has 0 spiro atoms. The van der Waals surface area contributed by atoms with Gasteiger partial charge in [-0.1, -0.05) is 249 Å². The third-order valence-corrected chi connectivity index (χ3v) is 11.9. The first-order chi connectivity index (χ1) is 29.1. The van der Waals surface area contributed by atoms with E-state index in [9.17, 15) is 20.1 Å². The molecule has 0 bridgehead atoms. The number of aliphatic hydroxyl groups excluding tert-OH is 3. The number of carbonyl (C=O) groups excluding carboxylic acids is 1. The first-order valence-electron chi connectivity index (χ1n) is 26.0. The summed E-state index contributed by atoms with van der Waals surface area (Å²) in [4.78, 5) is 12.4. The topological polar surface area (TPSA) is 89.8 Å². The summed E-state index contributed by atoms with van der Waals surface area (Å²) in [5.74, 6) is -0.515. The van der Waals surface area contributed by atoms with E-state index >= 15 is 0 Å². The second-order valence-corrected chi connectivity index (χ2v) is 17.7. The van der Waals surface area contributed by atoms with Gasteiger partial charge in [-0.25, -0.2) is 0 Å². The molecule has 0 aliphatic rings. The lowest BCUT2D eigenvalue weighted by Gasteiger charge is -2.21. The molecule has 0 aliphatic heterocycles. The molecule has 0 aliphatic carbocycles. The molecule has 0 aromatic carbocycles. The highest BCUT2D eigenvalue weighted by molar-refractivity contribution is 5.80. The molecule has 0 saturated carbocycles. The molecule has 0 saturated heterocycles. The molecular formula is C54H101NO4. The van der Waals surface area contributed by atoms with Crippen LogP contribution in [0.5, 0.6) is 0 Å².